The van der Waals surface area contributed by atoms with E-state index < -0.39 is 0 Å². The molecule has 1 nitrogen and oxygen atoms in total. The predicted molar refractivity (Wildman–Crippen MR) is 71.1 cm³/mol. The van der Waals surface area contributed by atoms with Crippen LogP contribution in [0.3, 0.4) is 0 Å². The number of thiophene rings is 1. The maximum absolute atomic E-state index is 13.4. The fraction of sp³-hybridized carbons (Fsp3) is 0.231. The molecule has 0 bridgehead atoms. The first-order chi connectivity index (χ1) is 8.25. The van der Waals surface area contributed by atoms with Crippen LogP contribution in [0.15, 0.2) is 35.0 Å². The van der Waals surface area contributed by atoms with Crippen molar-refractivity contribution in [2.75, 3.05) is 6.54 Å². The smallest absolute Gasteiger partial charge is 0.129 e. The third-order valence-corrected chi connectivity index (χ3v) is 3.47. The molecule has 4 heteroatoms. The summed E-state index contributed by atoms with van der Waals surface area (Å²) in [5.74, 6) is -0.250. The van der Waals surface area contributed by atoms with Crippen molar-refractivity contribution in [1.29, 1.82) is 0 Å². The Morgan fingerprint density at radius 2 is 2.18 bits per heavy atom. The number of hydrogen-bond acceptors (Lipinski definition) is 2. The number of benzene rings is 1. The minimum absolute atomic E-state index is 0.250. The van der Waals surface area contributed by atoms with Gasteiger partial charge in [-0.2, -0.15) is 11.3 Å². The first-order valence-corrected chi connectivity index (χ1v) is 6.73. The lowest BCUT2D eigenvalue weighted by Crippen LogP contribution is -2.17. The van der Waals surface area contributed by atoms with Crippen LogP contribution < -0.4 is 5.32 Å². The van der Waals surface area contributed by atoms with E-state index in [2.05, 4.69) is 22.1 Å². The van der Waals surface area contributed by atoms with Crippen LogP contribution in [0.5, 0.6) is 0 Å². The summed E-state index contributed by atoms with van der Waals surface area (Å²) < 4.78 is 13.4. The largest absolute Gasteiger partial charge is 0.312 e. The van der Waals surface area contributed by atoms with Crippen LogP contribution in [0.1, 0.15) is 11.1 Å². The summed E-state index contributed by atoms with van der Waals surface area (Å²) in [7, 11) is 0. The van der Waals surface area contributed by atoms with Gasteiger partial charge in [0.25, 0.3) is 0 Å². The number of halogens is 2. The molecule has 0 spiro atoms. The van der Waals surface area contributed by atoms with Gasteiger partial charge in [-0.1, -0.05) is 17.7 Å². The standard InChI is InChI=1S/C13H13ClFNS/c14-12-2-1-11(13(15)7-12)8-16-5-3-10-4-6-17-9-10/h1-2,4,6-7,9,16H,3,5,8H2. The third kappa shape index (κ3) is 3.80. The van der Waals surface area contributed by atoms with Gasteiger partial charge in [-0.15, -0.1) is 0 Å². The Labute approximate surface area is 109 Å². The highest BCUT2D eigenvalue weighted by molar-refractivity contribution is 7.07. The summed E-state index contributed by atoms with van der Waals surface area (Å²) in [5, 5.41) is 7.85. The summed E-state index contributed by atoms with van der Waals surface area (Å²) >= 11 is 7.38. The van der Waals surface area contributed by atoms with E-state index in [0.717, 1.165) is 13.0 Å². The molecule has 0 saturated carbocycles. The van der Waals surface area contributed by atoms with Crippen LogP contribution in [-0.4, -0.2) is 6.54 Å². The second-order valence-electron chi connectivity index (χ2n) is 3.79. The van der Waals surface area contributed by atoms with E-state index >= 15 is 0 Å². The van der Waals surface area contributed by atoms with Gasteiger partial charge in [-0.3, -0.25) is 0 Å². The summed E-state index contributed by atoms with van der Waals surface area (Å²) in [6.45, 7) is 1.38. The zero-order chi connectivity index (χ0) is 12.1. The molecule has 0 aliphatic carbocycles. The van der Waals surface area contributed by atoms with Gasteiger partial charge < -0.3 is 5.32 Å². The van der Waals surface area contributed by atoms with Crippen molar-refractivity contribution in [1.82, 2.24) is 5.32 Å². The zero-order valence-electron chi connectivity index (χ0n) is 9.25. The molecule has 2 aromatic rings. The average molecular weight is 270 g/mol. The lowest BCUT2D eigenvalue weighted by Gasteiger charge is -2.05. The molecule has 1 heterocycles. The molecule has 0 unspecified atom stereocenters. The highest BCUT2D eigenvalue weighted by Gasteiger charge is 2.02. The molecule has 17 heavy (non-hydrogen) atoms. The van der Waals surface area contributed by atoms with Crippen molar-refractivity contribution in [2.24, 2.45) is 0 Å². The minimum Gasteiger partial charge on any atom is -0.312 e. The van der Waals surface area contributed by atoms with Gasteiger partial charge in [-0.25, -0.2) is 4.39 Å². The van der Waals surface area contributed by atoms with Crippen LogP contribution in [0, 0.1) is 5.82 Å². The molecule has 0 amide bonds. The number of rotatable bonds is 5. The SMILES string of the molecule is Fc1cc(Cl)ccc1CNCCc1ccsc1. The number of nitrogens with one attached hydrogen (secondary N) is 1. The molecule has 0 saturated heterocycles. The van der Waals surface area contributed by atoms with Gasteiger partial charge in [0.15, 0.2) is 0 Å². The molecule has 2 rings (SSSR count). The van der Waals surface area contributed by atoms with E-state index in [1.165, 1.54) is 11.6 Å². The van der Waals surface area contributed by atoms with Gasteiger partial charge in [-0.05, 0) is 47.5 Å². The quantitative estimate of drug-likeness (QED) is 0.813. The Kier molecular flexibility index (Phi) is 4.54. The molecule has 1 aromatic heterocycles. The van der Waals surface area contributed by atoms with Crippen molar-refractivity contribution < 1.29 is 4.39 Å². The molecule has 0 radical (unpaired) electrons. The molecule has 1 aromatic carbocycles. The third-order valence-electron chi connectivity index (χ3n) is 2.50. The van der Waals surface area contributed by atoms with Crippen molar-refractivity contribution in [2.45, 2.75) is 13.0 Å². The molecule has 90 valence electrons. The maximum atomic E-state index is 13.4. The fourth-order valence-electron chi connectivity index (χ4n) is 1.56. The molecular weight excluding hydrogens is 257 g/mol. The Bertz CT molecular complexity index is 470. The minimum atomic E-state index is -0.250. The van der Waals surface area contributed by atoms with E-state index in [4.69, 9.17) is 11.6 Å². The molecule has 0 atom stereocenters. The van der Waals surface area contributed by atoms with Crippen molar-refractivity contribution >= 4 is 22.9 Å². The monoisotopic (exact) mass is 269 g/mol. The zero-order valence-corrected chi connectivity index (χ0v) is 10.8. The first-order valence-electron chi connectivity index (χ1n) is 5.41. The van der Waals surface area contributed by atoms with Crippen LogP contribution in [-0.2, 0) is 13.0 Å². The van der Waals surface area contributed by atoms with Gasteiger partial charge >= 0.3 is 0 Å². The summed E-state index contributed by atoms with van der Waals surface area (Å²) in [6, 6.07) is 6.88. The lowest BCUT2D eigenvalue weighted by atomic mass is 10.2. The van der Waals surface area contributed by atoms with Gasteiger partial charge in [0, 0.05) is 17.1 Å². The van der Waals surface area contributed by atoms with Crippen molar-refractivity contribution in [3.8, 4) is 0 Å². The normalized spacial score (nSPS) is 10.7. The lowest BCUT2D eigenvalue weighted by molar-refractivity contribution is 0.588. The van der Waals surface area contributed by atoms with E-state index in [-0.39, 0.29) is 5.82 Å². The molecule has 0 fully saturated rings. The Morgan fingerprint density at radius 1 is 1.29 bits per heavy atom. The van der Waals surface area contributed by atoms with E-state index in [0.29, 0.717) is 17.1 Å². The topological polar surface area (TPSA) is 12.0 Å². The highest BCUT2D eigenvalue weighted by Crippen LogP contribution is 2.14. The second kappa shape index (κ2) is 6.15. The Morgan fingerprint density at radius 3 is 2.88 bits per heavy atom. The van der Waals surface area contributed by atoms with Crippen LogP contribution in [0.25, 0.3) is 0 Å². The maximum Gasteiger partial charge on any atom is 0.129 e. The Hall–Kier alpha value is -0.900. The Balaban J connectivity index is 1.78. The van der Waals surface area contributed by atoms with Crippen LogP contribution >= 0.6 is 22.9 Å². The van der Waals surface area contributed by atoms with E-state index in [9.17, 15) is 4.39 Å². The molecule has 1 N–H and O–H groups in total. The van der Waals surface area contributed by atoms with Gasteiger partial charge in [0.05, 0.1) is 0 Å². The molecule has 0 aliphatic rings. The highest BCUT2D eigenvalue weighted by atomic mass is 35.5. The fourth-order valence-corrected chi connectivity index (χ4v) is 2.42. The summed E-state index contributed by atoms with van der Waals surface area (Å²) in [6.07, 6.45) is 0.971. The number of hydrogen-bond donors (Lipinski definition) is 1. The van der Waals surface area contributed by atoms with E-state index in [1.54, 1.807) is 23.5 Å². The van der Waals surface area contributed by atoms with Crippen LogP contribution in [0.2, 0.25) is 5.02 Å². The molecule has 0 aliphatic heterocycles. The first kappa shape index (κ1) is 12.6. The van der Waals surface area contributed by atoms with Gasteiger partial charge in [0.1, 0.15) is 5.82 Å². The van der Waals surface area contributed by atoms with Crippen molar-refractivity contribution in [3.63, 3.8) is 0 Å². The predicted octanol–water partition coefficient (Wildman–Crippen LogP) is 3.87. The van der Waals surface area contributed by atoms with Crippen LogP contribution in [0.4, 0.5) is 4.39 Å². The van der Waals surface area contributed by atoms with Gasteiger partial charge in [0.2, 0.25) is 0 Å². The summed E-state index contributed by atoms with van der Waals surface area (Å²) in [5.41, 5.74) is 1.97. The second-order valence-corrected chi connectivity index (χ2v) is 5.01. The molecular formula is C13H13ClFNS. The van der Waals surface area contributed by atoms with E-state index in [1.807, 2.05) is 0 Å². The van der Waals surface area contributed by atoms with Crippen molar-refractivity contribution in [3.05, 3.63) is 57.0 Å². The summed E-state index contributed by atoms with van der Waals surface area (Å²) in [4.78, 5) is 0. The average Bonchev–Trinajstić information content (AvgIpc) is 2.79.